The van der Waals surface area contributed by atoms with Crippen molar-refractivity contribution >= 4 is 11.3 Å². The molecule has 0 radical (unpaired) electrons. The number of hydrogen-bond donors (Lipinski definition) is 1. The first-order chi connectivity index (χ1) is 6.81. The zero-order valence-corrected chi connectivity index (χ0v) is 8.71. The lowest BCUT2D eigenvalue weighted by atomic mass is 10.2. The molecule has 0 unspecified atom stereocenters. The van der Waals surface area contributed by atoms with Gasteiger partial charge in [0.25, 0.3) is 0 Å². The molecule has 0 aliphatic heterocycles. The summed E-state index contributed by atoms with van der Waals surface area (Å²) in [6.45, 7) is 1.98. The average molecular weight is 205 g/mol. The van der Waals surface area contributed by atoms with Gasteiger partial charge in [0.05, 0.1) is 17.2 Å². The Balaban J connectivity index is 2.43. The number of hydrogen-bond acceptors (Lipinski definition) is 3. The molecule has 0 spiro atoms. The van der Waals surface area contributed by atoms with Crippen molar-refractivity contribution < 1.29 is 5.11 Å². The highest BCUT2D eigenvalue weighted by molar-refractivity contribution is 7.13. The van der Waals surface area contributed by atoms with E-state index in [1.165, 1.54) is 0 Å². The SMILES string of the molecule is Cc1nc(-c2cccs2)ccc1CO. The van der Waals surface area contributed by atoms with E-state index in [2.05, 4.69) is 4.98 Å². The van der Waals surface area contributed by atoms with Crippen LogP contribution in [0.2, 0.25) is 0 Å². The molecule has 0 fully saturated rings. The van der Waals surface area contributed by atoms with Gasteiger partial charge in [-0.25, -0.2) is 0 Å². The number of aliphatic hydroxyl groups is 1. The van der Waals surface area contributed by atoms with E-state index in [0.717, 1.165) is 21.8 Å². The van der Waals surface area contributed by atoms with Gasteiger partial charge in [0, 0.05) is 5.69 Å². The minimum Gasteiger partial charge on any atom is -0.392 e. The van der Waals surface area contributed by atoms with Crippen LogP contribution in [0.3, 0.4) is 0 Å². The molecule has 0 atom stereocenters. The smallest absolute Gasteiger partial charge is 0.0805 e. The van der Waals surface area contributed by atoms with Gasteiger partial charge in [0.1, 0.15) is 0 Å². The Morgan fingerprint density at radius 2 is 2.21 bits per heavy atom. The maximum absolute atomic E-state index is 9.00. The Hall–Kier alpha value is -1.19. The van der Waals surface area contributed by atoms with Gasteiger partial charge in [-0.05, 0) is 30.0 Å². The molecule has 14 heavy (non-hydrogen) atoms. The third-order valence-electron chi connectivity index (χ3n) is 2.14. The number of nitrogens with zero attached hydrogens (tertiary/aromatic N) is 1. The highest BCUT2D eigenvalue weighted by Crippen LogP contribution is 2.23. The van der Waals surface area contributed by atoms with Crippen LogP contribution in [0, 0.1) is 6.92 Å². The van der Waals surface area contributed by atoms with E-state index >= 15 is 0 Å². The van der Waals surface area contributed by atoms with Crippen molar-refractivity contribution in [2.45, 2.75) is 13.5 Å². The summed E-state index contributed by atoms with van der Waals surface area (Å²) in [5.41, 5.74) is 2.78. The zero-order valence-electron chi connectivity index (χ0n) is 7.90. The first kappa shape index (κ1) is 9.37. The summed E-state index contributed by atoms with van der Waals surface area (Å²) in [6, 6.07) is 7.93. The molecule has 2 rings (SSSR count). The van der Waals surface area contributed by atoms with Gasteiger partial charge < -0.3 is 5.11 Å². The third kappa shape index (κ3) is 1.69. The van der Waals surface area contributed by atoms with Crippen molar-refractivity contribution in [2.24, 2.45) is 0 Å². The van der Waals surface area contributed by atoms with Gasteiger partial charge in [-0.3, -0.25) is 4.98 Å². The Morgan fingerprint density at radius 3 is 2.79 bits per heavy atom. The fourth-order valence-electron chi connectivity index (χ4n) is 1.32. The lowest BCUT2D eigenvalue weighted by molar-refractivity contribution is 0.280. The van der Waals surface area contributed by atoms with Crippen LogP contribution >= 0.6 is 11.3 Å². The predicted molar refractivity (Wildman–Crippen MR) is 58.2 cm³/mol. The van der Waals surface area contributed by atoms with Crippen LogP contribution in [0.25, 0.3) is 10.6 Å². The highest BCUT2D eigenvalue weighted by Gasteiger charge is 2.03. The number of aliphatic hydroxyl groups excluding tert-OH is 1. The van der Waals surface area contributed by atoms with E-state index in [-0.39, 0.29) is 6.61 Å². The van der Waals surface area contributed by atoms with Crippen molar-refractivity contribution in [3.05, 3.63) is 40.9 Å². The summed E-state index contributed by atoms with van der Waals surface area (Å²) in [5, 5.41) is 11.0. The van der Waals surface area contributed by atoms with Crippen molar-refractivity contribution in [1.29, 1.82) is 0 Å². The Bertz CT molecular complexity index is 423. The normalized spacial score (nSPS) is 10.4. The minimum atomic E-state index is 0.0591. The standard InChI is InChI=1S/C11H11NOS/c1-8-9(7-13)4-5-10(12-8)11-3-2-6-14-11/h2-6,13H,7H2,1H3. The van der Waals surface area contributed by atoms with E-state index in [4.69, 9.17) is 5.11 Å². The first-order valence-electron chi connectivity index (χ1n) is 4.42. The van der Waals surface area contributed by atoms with Gasteiger partial charge >= 0.3 is 0 Å². The van der Waals surface area contributed by atoms with Crippen molar-refractivity contribution in [3.8, 4) is 10.6 Å². The number of aryl methyl sites for hydroxylation is 1. The number of pyridine rings is 1. The van der Waals surface area contributed by atoms with Crippen molar-refractivity contribution in [3.63, 3.8) is 0 Å². The van der Waals surface area contributed by atoms with Crippen LogP contribution in [-0.2, 0) is 6.61 Å². The Kier molecular flexibility index (Phi) is 2.61. The molecule has 0 aromatic carbocycles. The molecule has 2 heterocycles. The quantitative estimate of drug-likeness (QED) is 0.817. The molecule has 72 valence electrons. The second-order valence-corrected chi connectivity index (χ2v) is 4.02. The van der Waals surface area contributed by atoms with Crippen LogP contribution in [0.15, 0.2) is 29.6 Å². The summed E-state index contributed by atoms with van der Waals surface area (Å²) in [4.78, 5) is 5.60. The molecule has 0 aliphatic rings. The molecule has 0 aliphatic carbocycles. The second kappa shape index (κ2) is 3.90. The summed E-state index contributed by atoms with van der Waals surface area (Å²) in [7, 11) is 0. The molecular formula is C11H11NOS. The van der Waals surface area contributed by atoms with Gasteiger partial charge in [-0.15, -0.1) is 11.3 Å². The monoisotopic (exact) mass is 205 g/mol. The maximum atomic E-state index is 9.00. The van der Waals surface area contributed by atoms with Gasteiger partial charge in [0.15, 0.2) is 0 Å². The van der Waals surface area contributed by atoms with Gasteiger partial charge in [-0.1, -0.05) is 12.1 Å². The van der Waals surface area contributed by atoms with E-state index in [0.29, 0.717) is 0 Å². The summed E-state index contributed by atoms with van der Waals surface area (Å²) < 4.78 is 0. The minimum absolute atomic E-state index is 0.0591. The van der Waals surface area contributed by atoms with E-state index < -0.39 is 0 Å². The van der Waals surface area contributed by atoms with E-state index in [1.807, 2.05) is 36.6 Å². The molecule has 2 aromatic heterocycles. The Morgan fingerprint density at radius 1 is 1.36 bits per heavy atom. The van der Waals surface area contributed by atoms with Crippen LogP contribution < -0.4 is 0 Å². The topological polar surface area (TPSA) is 33.1 Å². The molecule has 0 amide bonds. The summed E-state index contributed by atoms with van der Waals surface area (Å²) in [6.07, 6.45) is 0. The maximum Gasteiger partial charge on any atom is 0.0805 e. The lowest BCUT2D eigenvalue weighted by Gasteiger charge is -2.03. The summed E-state index contributed by atoms with van der Waals surface area (Å²) in [5.74, 6) is 0. The van der Waals surface area contributed by atoms with Crippen LogP contribution in [-0.4, -0.2) is 10.1 Å². The second-order valence-electron chi connectivity index (χ2n) is 3.08. The molecular weight excluding hydrogens is 194 g/mol. The zero-order chi connectivity index (χ0) is 9.97. The fourth-order valence-corrected chi connectivity index (χ4v) is 2.01. The fraction of sp³-hybridized carbons (Fsp3) is 0.182. The molecule has 0 saturated carbocycles. The molecule has 2 nitrogen and oxygen atoms in total. The highest BCUT2D eigenvalue weighted by atomic mass is 32.1. The molecule has 3 heteroatoms. The molecule has 0 saturated heterocycles. The molecule has 0 bridgehead atoms. The van der Waals surface area contributed by atoms with Crippen molar-refractivity contribution in [1.82, 2.24) is 4.98 Å². The number of thiophene rings is 1. The van der Waals surface area contributed by atoms with Crippen molar-refractivity contribution in [2.75, 3.05) is 0 Å². The molecule has 1 N–H and O–H groups in total. The molecule has 2 aromatic rings. The van der Waals surface area contributed by atoms with Crippen LogP contribution in [0.4, 0.5) is 0 Å². The summed E-state index contributed by atoms with van der Waals surface area (Å²) >= 11 is 1.67. The number of rotatable bonds is 2. The average Bonchev–Trinajstić information content (AvgIpc) is 2.70. The first-order valence-corrected chi connectivity index (χ1v) is 5.30. The van der Waals surface area contributed by atoms with Crippen LogP contribution in [0.1, 0.15) is 11.3 Å². The van der Waals surface area contributed by atoms with E-state index in [1.54, 1.807) is 11.3 Å². The van der Waals surface area contributed by atoms with E-state index in [9.17, 15) is 0 Å². The predicted octanol–water partition coefficient (Wildman–Crippen LogP) is 2.61. The number of aromatic nitrogens is 1. The Labute approximate surface area is 86.9 Å². The van der Waals surface area contributed by atoms with Gasteiger partial charge in [0.2, 0.25) is 0 Å². The van der Waals surface area contributed by atoms with Gasteiger partial charge in [-0.2, -0.15) is 0 Å². The largest absolute Gasteiger partial charge is 0.392 e. The third-order valence-corrected chi connectivity index (χ3v) is 3.03. The lowest BCUT2D eigenvalue weighted by Crippen LogP contribution is -1.93. The van der Waals surface area contributed by atoms with Crippen LogP contribution in [0.5, 0.6) is 0 Å².